The monoisotopic (exact) mass is 416 g/mol. The first-order valence-electron chi connectivity index (χ1n) is 9.86. The lowest BCUT2D eigenvalue weighted by Gasteiger charge is -2.15. The van der Waals surface area contributed by atoms with Gasteiger partial charge in [0.05, 0.1) is 24.2 Å². The molecule has 0 saturated heterocycles. The van der Waals surface area contributed by atoms with Crippen molar-refractivity contribution in [1.82, 2.24) is 15.5 Å². The molecule has 1 unspecified atom stereocenters. The number of aromatic nitrogens is 2. The van der Waals surface area contributed by atoms with Crippen molar-refractivity contribution in [1.29, 1.82) is 0 Å². The lowest BCUT2D eigenvalue weighted by atomic mass is 10.1. The molecule has 7 heteroatoms. The fourth-order valence-electron chi connectivity index (χ4n) is 3.32. The fourth-order valence-corrected chi connectivity index (χ4v) is 3.32. The third-order valence-corrected chi connectivity index (χ3v) is 5.02. The zero-order valence-corrected chi connectivity index (χ0v) is 16.9. The molecule has 0 aliphatic rings. The van der Waals surface area contributed by atoms with Gasteiger partial charge in [-0.15, -0.1) is 0 Å². The maximum Gasteiger partial charge on any atom is 0.255 e. The molecule has 0 fully saturated rings. The van der Waals surface area contributed by atoms with Crippen molar-refractivity contribution in [2.45, 2.75) is 19.4 Å². The highest BCUT2D eigenvalue weighted by Crippen LogP contribution is 2.18. The van der Waals surface area contributed by atoms with Crippen LogP contribution in [0.3, 0.4) is 0 Å². The van der Waals surface area contributed by atoms with Crippen molar-refractivity contribution < 1.29 is 14.0 Å². The number of hydrogen-bond acceptors (Lipinski definition) is 3. The SMILES string of the molecule is CC(NC(=O)Cc1ccc2[nH]ncc2c1)c1ccc(NC(=O)c2ccc(F)cc2)cc1. The summed E-state index contributed by atoms with van der Waals surface area (Å²) in [4.78, 5) is 24.7. The average Bonchev–Trinajstić information content (AvgIpc) is 3.22. The molecule has 1 atom stereocenters. The van der Waals surface area contributed by atoms with Crippen molar-refractivity contribution >= 4 is 28.4 Å². The van der Waals surface area contributed by atoms with Gasteiger partial charge in [-0.25, -0.2) is 4.39 Å². The zero-order valence-electron chi connectivity index (χ0n) is 16.9. The Morgan fingerprint density at radius 1 is 1.03 bits per heavy atom. The molecule has 0 aliphatic heterocycles. The maximum absolute atomic E-state index is 13.0. The second kappa shape index (κ2) is 8.79. The summed E-state index contributed by atoms with van der Waals surface area (Å²) in [5.74, 6) is -0.785. The van der Waals surface area contributed by atoms with Crippen LogP contribution in [0.1, 0.15) is 34.5 Å². The minimum atomic E-state index is -0.390. The Hall–Kier alpha value is -4.00. The predicted octanol–water partition coefficient (Wildman–Crippen LogP) is 4.37. The van der Waals surface area contributed by atoms with E-state index < -0.39 is 0 Å². The van der Waals surface area contributed by atoms with Gasteiger partial charge in [0.25, 0.3) is 5.91 Å². The van der Waals surface area contributed by atoms with Crippen molar-refractivity contribution in [2.24, 2.45) is 0 Å². The summed E-state index contributed by atoms with van der Waals surface area (Å²) in [5.41, 5.74) is 3.75. The van der Waals surface area contributed by atoms with E-state index in [2.05, 4.69) is 20.8 Å². The van der Waals surface area contributed by atoms with Crippen LogP contribution in [0.4, 0.5) is 10.1 Å². The highest BCUT2D eigenvalue weighted by atomic mass is 19.1. The summed E-state index contributed by atoms with van der Waals surface area (Å²) >= 11 is 0. The Morgan fingerprint density at radius 2 is 1.77 bits per heavy atom. The van der Waals surface area contributed by atoms with Gasteiger partial charge in [-0.1, -0.05) is 18.2 Å². The average molecular weight is 416 g/mol. The van der Waals surface area contributed by atoms with Gasteiger partial charge in [-0.05, 0) is 66.6 Å². The molecule has 0 spiro atoms. The summed E-state index contributed by atoms with van der Waals surface area (Å²) in [5, 5.41) is 13.6. The second-order valence-electron chi connectivity index (χ2n) is 7.34. The van der Waals surface area contributed by atoms with Crippen LogP contribution in [0.15, 0.2) is 72.9 Å². The molecule has 0 aliphatic carbocycles. The van der Waals surface area contributed by atoms with Crippen molar-refractivity contribution in [3.8, 4) is 0 Å². The number of fused-ring (bicyclic) bond motifs is 1. The number of halogens is 1. The number of H-pyrrole nitrogens is 1. The van der Waals surface area contributed by atoms with Crippen LogP contribution in [0, 0.1) is 5.82 Å². The molecule has 156 valence electrons. The Morgan fingerprint density at radius 3 is 2.52 bits per heavy atom. The number of carbonyl (C=O) groups is 2. The summed E-state index contributed by atoms with van der Waals surface area (Å²) in [7, 11) is 0. The fraction of sp³-hybridized carbons (Fsp3) is 0.125. The van der Waals surface area contributed by atoms with Gasteiger partial charge in [0.1, 0.15) is 5.82 Å². The highest BCUT2D eigenvalue weighted by Gasteiger charge is 2.12. The lowest BCUT2D eigenvalue weighted by Crippen LogP contribution is -2.28. The van der Waals surface area contributed by atoms with Gasteiger partial charge >= 0.3 is 0 Å². The third kappa shape index (κ3) is 4.95. The van der Waals surface area contributed by atoms with Crippen molar-refractivity contribution in [3.63, 3.8) is 0 Å². The van der Waals surface area contributed by atoms with Crippen LogP contribution in [0.25, 0.3) is 10.9 Å². The van der Waals surface area contributed by atoms with E-state index >= 15 is 0 Å². The number of aromatic amines is 1. The molecular formula is C24H21FN4O2. The first-order valence-corrected chi connectivity index (χ1v) is 9.86. The predicted molar refractivity (Wildman–Crippen MR) is 117 cm³/mol. The number of carbonyl (C=O) groups excluding carboxylic acids is 2. The lowest BCUT2D eigenvalue weighted by molar-refractivity contribution is -0.121. The molecule has 2 amide bonds. The van der Waals surface area contributed by atoms with Crippen molar-refractivity contribution in [2.75, 3.05) is 5.32 Å². The topological polar surface area (TPSA) is 86.9 Å². The molecule has 0 radical (unpaired) electrons. The molecule has 4 aromatic rings. The molecular weight excluding hydrogens is 395 g/mol. The Kier molecular flexibility index (Phi) is 5.75. The first kappa shape index (κ1) is 20.3. The van der Waals surface area contributed by atoms with Crippen LogP contribution in [0.2, 0.25) is 0 Å². The number of hydrogen-bond donors (Lipinski definition) is 3. The number of amides is 2. The minimum absolute atomic E-state index is 0.0796. The quantitative estimate of drug-likeness (QED) is 0.436. The van der Waals surface area contributed by atoms with Crippen molar-refractivity contribution in [3.05, 3.63) is 95.4 Å². The van der Waals surface area contributed by atoms with Gasteiger partial charge < -0.3 is 10.6 Å². The summed E-state index contributed by atoms with van der Waals surface area (Å²) in [6.07, 6.45) is 2.01. The van der Waals surface area contributed by atoms with Crippen LogP contribution in [-0.4, -0.2) is 22.0 Å². The summed E-state index contributed by atoms with van der Waals surface area (Å²) in [6.45, 7) is 1.91. The smallest absolute Gasteiger partial charge is 0.255 e. The number of rotatable bonds is 6. The van der Waals surface area contributed by atoms with Gasteiger partial charge in [-0.2, -0.15) is 5.10 Å². The number of nitrogens with one attached hydrogen (secondary N) is 3. The highest BCUT2D eigenvalue weighted by molar-refractivity contribution is 6.04. The molecule has 3 N–H and O–H groups in total. The Balaban J connectivity index is 1.34. The van der Waals surface area contributed by atoms with E-state index in [0.29, 0.717) is 11.3 Å². The molecule has 6 nitrogen and oxygen atoms in total. The molecule has 3 aromatic carbocycles. The van der Waals surface area contributed by atoms with Gasteiger partial charge in [0, 0.05) is 16.6 Å². The standard InChI is InChI=1S/C24H21FN4O2/c1-15(27-23(30)13-16-2-11-22-19(12-16)14-26-29-22)17-5-9-21(10-6-17)28-24(31)18-3-7-20(25)8-4-18/h2-12,14-15H,13H2,1H3,(H,26,29)(H,27,30)(H,28,31). The largest absolute Gasteiger partial charge is 0.349 e. The van der Waals surface area contributed by atoms with E-state index in [1.807, 2.05) is 37.3 Å². The van der Waals surface area contributed by atoms with Gasteiger partial charge in [-0.3, -0.25) is 14.7 Å². The van der Waals surface area contributed by atoms with E-state index in [0.717, 1.165) is 22.0 Å². The van der Waals surface area contributed by atoms with Crippen LogP contribution < -0.4 is 10.6 Å². The third-order valence-electron chi connectivity index (χ3n) is 5.02. The molecule has 31 heavy (non-hydrogen) atoms. The molecule has 1 aromatic heterocycles. The molecule has 1 heterocycles. The molecule has 4 rings (SSSR count). The minimum Gasteiger partial charge on any atom is -0.349 e. The maximum atomic E-state index is 13.0. The van der Waals surface area contributed by atoms with E-state index in [4.69, 9.17) is 0 Å². The Labute approximate surface area is 178 Å². The van der Waals surface area contributed by atoms with Gasteiger partial charge in [0.2, 0.25) is 5.91 Å². The number of anilines is 1. The Bertz CT molecular complexity index is 1220. The van der Waals surface area contributed by atoms with E-state index in [-0.39, 0.29) is 30.1 Å². The van der Waals surface area contributed by atoms with Crippen LogP contribution in [-0.2, 0) is 11.2 Å². The van der Waals surface area contributed by atoms with E-state index in [9.17, 15) is 14.0 Å². The molecule has 0 bridgehead atoms. The van der Waals surface area contributed by atoms with Crippen LogP contribution in [0.5, 0.6) is 0 Å². The second-order valence-corrected chi connectivity index (χ2v) is 7.34. The summed E-state index contributed by atoms with van der Waals surface area (Å²) < 4.78 is 13.0. The summed E-state index contributed by atoms with van der Waals surface area (Å²) in [6, 6.07) is 18.2. The number of nitrogens with zero attached hydrogens (tertiary/aromatic N) is 1. The van der Waals surface area contributed by atoms with Gasteiger partial charge in [0.15, 0.2) is 0 Å². The van der Waals surface area contributed by atoms with E-state index in [1.54, 1.807) is 18.3 Å². The zero-order chi connectivity index (χ0) is 21.8. The molecule has 0 saturated carbocycles. The normalized spacial score (nSPS) is 11.8. The number of benzene rings is 3. The van der Waals surface area contributed by atoms with Crippen LogP contribution >= 0.6 is 0 Å². The van der Waals surface area contributed by atoms with E-state index in [1.165, 1.54) is 24.3 Å². The first-order chi connectivity index (χ1) is 15.0.